The highest BCUT2D eigenvalue weighted by atomic mass is 35.5. The number of nitrogens with zero attached hydrogens (tertiary/aromatic N) is 3. The van der Waals surface area contributed by atoms with Crippen molar-refractivity contribution in [2.45, 2.75) is 24.8 Å². The molecule has 2 heterocycles. The van der Waals surface area contributed by atoms with E-state index in [0.717, 1.165) is 0 Å². The number of halogens is 1. The van der Waals surface area contributed by atoms with Crippen molar-refractivity contribution < 1.29 is 17.7 Å². The monoisotopic (exact) mass is 434 g/mol. The largest absolute Gasteiger partial charge is 0.343 e. The molecule has 3 rings (SSSR count). The number of carbonyl (C=O) groups is 1. The van der Waals surface area contributed by atoms with Crippen molar-refractivity contribution in [3.8, 4) is 11.4 Å². The van der Waals surface area contributed by atoms with Crippen LogP contribution in [0.5, 0.6) is 0 Å². The van der Waals surface area contributed by atoms with E-state index in [-0.39, 0.29) is 16.7 Å². The van der Waals surface area contributed by atoms with E-state index in [1.54, 1.807) is 24.5 Å². The molecule has 1 N–H and O–H groups in total. The maximum absolute atomic E-state index is 12.5. The Balaban J connectivity index is 1.75. The third kappa shape index (κ3) is 5.18. The average molecular weight is 435 g/mol. The molecular formula is C19H19ClN4O4S. The third-order valence-electron chi connectivity index (χ3n) is 4.12. The molecule has 1 unspecified atom stereocenters. The Bertz CT molecular complexity index is 1080. The van der Waals surface area contributed by atoms with Crippen molar-refractivity contribution >= 4 is 27.3 Å². The lowest BCUT2D eigenvalue weighted by Gasteiger charge is -2.18. The number of hydrogen-bond acceptors (Lipinski definition) is 7. The molecule has 1 aromatic carbocycles. The molecular weight excluding hydrogens is 416 g/mol. The summed E-state index contributed by atoms with van der Waals surface area (Å²) < 4.78 is 30.3. The van der Waals surface area contributed by atoms with Gasteiger partial charge in [0.1, 0.15) is 11.8 Å². The Morgan fingerprint density at radius 3 is 2.41 bits per heavy atom. The topological polar surface area (TPSA) is 115 Å². The molecule has 10 heteroatoms. The molecule has 1 atom stereocenters. The molecule has 152 valence electrons. The van der Waals surface area contributed by atoms with Crippen LogP contribution in [-0.4, -0.2) is 35.2 Å². The summed E-state index contributed by atoms with van der Waals surface area (Å²) in [4.78, 5) is 20.7. The van der Waals surface area contributed by atoms with Crippen LogP contribution in [0.25, 0.3) is 11.4 Å². The van der Waals surface area contributed by atoms with Crippen molar-refractivity contribution in [3.05, 3.63) is 59.7 Å². The summed E-state index contributed by atoms with van der Waals surface area (Å²) in [6, 6.07) is 8.48. The van der Waals surface area contributed by atoms with Crippen LogP contribution in [0.4, 0.5) is 0 Å². The van der Waals surface area contributed by atoms with E-state index in [4.69, 9.17) is 16.1 Å². The van der Waals surface area contributed by atoms with E-state index in [1.165, 1.54) is 24.3 Å². The molecule has 0 aliphatic heterocycles. The van der Waals surface area contributed by atoms with Gasteiger partial charge in [-0.25, -0.2) is 8.42 Å². The molecule has 3 aromatic rings. The minimum absolute atomic E-state index is 0.0240. The van der Waals surface area contributed by atoms with Crippen molar-refractivity contribution in [1.29, 1.82) is 0 Å². The van der Waals surface area contributed by atoms with E-state index in [9.17, 15) is 13.2 Å². The third-order valence-corrected chi connectivity index (χ3v) is 6.01. The number of pyridine rings is 1. The minimum Gasteiger partial charge on any atom is -0.343 e. The fourth-order valence-electron chi connectivity index (χ4n) is 2.61. The predicted molar refractivity (Wildman–Crippen MR) is 107 cm³/mol. The first-order valence-electron chi connectivity index (χ1n) is 8.78. The van der Waals surface area contributed by atoms with Crippen LogP contribution in [0.15, 0.2) is 58.2 Å². The molecule has 0 spiro atoms. The summed E-state index contributed by atoms with van der Waals surface area (Å²) in [6.07, 6.45) is 3.21. The van der Waals surface area contributed by atoms with Crippen molar-refractivity contribution in [2.75, 3.05) is 5.75 Å². The molecule has 2 aromatic heterocycles. The highest BCUT2D eigenvalue weighted by molar-refractivity contribution is 7.92. The van der Waals surface area contributed by atoms with E-state index in [2.05, 4.69) is 20.4 Å². The number of sulfone groups is 1. The fraction of sp³-hybridized carbons (Fsp3) is 0.263. The number of aromatic nitrogens is 3. The van der Waals surface area contributed by atoms with Crippen molar-refractivity contribution in [2.24, 2.45) is 5.92 Å². The van der Waals surface area contributed by atoms with Gasteiger partial charge in [-0.15, -0.1) is 0 Å². The summed E-state index contributed by atoms with van der Waals surface area (Å²) >= 11 is 5.78. The van der Waals surface area contributed by atoms with E-state index in [0.29, 0.717) is 16.4 Å². The molecule has 0 aliphatic rings. The molecule has 8 nitrogen and oxygen atoms in total. The summed E-state index contributed by atoms with van der Waals surface area (Å²) in [5, 5.41) is 7.03. The first kappa shape index (κ1) is 20.9. The smallest absolute Gasteiger partial charge is 0.249 e. The number of rotatable bonds is 7. The van der Waals surface area contributed by atoms with Gasteiger partial charge < -0.3 is 9.84 Å². The molecule has 0 radical (unpaired) electrons. The first-order valence-corrected chi connectivity index (χ1v) is 10.8. The maximum Gasteiger partial charge on any atom is 0.249 e. The lowest BCUT2D eigenvalue weighted by Crippen LogP contribution is -2.36. The van der Waals surface area contributed by atoms with E-state index in [1.807, 2.05) is 13.8 Å². The summed E-state index contributed by atoms with van der Waals surface area (Å²) in [5.41, 5.74) is 0.717. The van der Waals surface area contributed by atoms with Gasteiger partial charge in [0.05, 0.1) is 4.90 Å². The molecule has 1 amide bonds. The number of hydrogen-bond donors (Lipinski definition) is 1. The van der Waals surface area contributed by atoms with E-state index < -0.39 is 27.5 Å². The summed E-state index contributed by atoms with van der Waals surface area (Å²) in [5.74, 6) is -0.922. The van der Waals surface area contributed by atoms with Crippen LogP contribution in [0.1, 0.15) is 25.8 Å². The zero-order chi connectivity index (χ0) is 21.0. The van der Waals surface area contributed by atoms with Crippen molar-refractivity contribution in [3.63, 3.8) is 0 Å². The quantitative estimate of drug-likeness (QED) is 0.607. The first-order chi connectivity index (χ1) is 13.8. The van der Waals surface area contributed by atoms with Crippen LogP contribution in [-0.2, 0) is 14.6 Å². The van der Waals surface area contributed by atoms with Crippen LogP contribution >= 0.6 is 11.6 Å². The zero-order valence-electron chi connectivity index (χ0n) is 15.7. The number of nitrogens with one attached hydrogen (secondary N) is 1. The van der Waals surface area contributed by atoms with Gasteiger partial charge in [0, 0.05) is 23.0 Å². The highest BCUT2D eigenvalue weighted by Crippen LogP contribution is 2.23. The van der Waals surface area contributed by atoms with Gasteiger partial charge in [0.2, 0.25) is 17.6 Å². The fourth-order valence-corrected chi connectivity index (χ4v) is 3.88. The second kappa shape index (κ2) is 8.71. The maximum atomic E-state index is 12.5. The SMILES string of the molecule is CC(C)C(NC(=O)CS(=O)(=O)c1ccc(Cl)cc1)c1nc(-c2ccncc2)no1. The Kier molecular flexibility index (Phi) is 6.29. The normalized spacial score (nSPS) is 12.7. The van der Waals surface area contributed by atoms with Crippen LogP contribution < -0.4 is 5.32 Å². The molecule has 0 saturated heterocycles. The molecule has 0 aliphatic carbocycles. The second-order valence-corrected chi connectivity index (χ2v) is 9.12. The van der Waals surface area contributed by atoms with Gasteiger partial charge in [0.25, 0.3) is 0 Å². The zero-order valence-corrected chi connectivity index (χ0v) is 17.3. The van der Waals surface area contributed by atoms with Gasteiger partial charge in [-0.1, -0.05) is 30.6 Å². The Labute approximate surface area is 173 Å². The molecule has 0 bridgehead atoms. The van der Waals surface area contributed by atoms with Crippen LogP contribution in [0, 0.1) is 5.92 Å². The van der Waals surface area contributed by atoms with Gasteiger partial charge in [-0.3, -0.25) is 9.78 Å². The lowest BCUT2D eigenvalue weighted by atomic mass is 10.0. The number of amides is 1. The Hall–Kier alpha value is -2.78. The summed E-state index contributed by atoms with van der Waals surface area (Å²) in [6.45, 7) is 3.71. The van der Waals surface area contributed by atoms with Gasteiger partial charge in [0.15, 0.2) is 9.84 Å². The predicted octanol–water partition coefficient (Wildman–Crippen LogP) is 3.07. The number of carbonyl (C=O) groups excluding carboxylic acids is 1. The van der Waals surface area contributed by atoms with Gasteiger partial charge >= 0.3 is 0 Å². The Morgan fingerprint density at radius 2 is 1.79 bits per heavy atom. The van der Waals surface area contributed by atoms with E-state index >= 15 is 0 Å². The minimum atomic E-state index is -3.81. The average Bonchev–Trinajstić information content (AvgIpc) is 3.16. The second-order valence-electron chi connectivity index (χ2n) is 6.69. The molecule has 0 saturated carbocycles. The van der Waals surface area contributed by atoms with Crippen LogP contribution in [0.2, 0.25) is 5.02 Å². The van der Waals surface area contributed by atoms with Crippen molar-refractivity contribution in [1.82, 2.24) is 20.4 Å². The highest BCUT2D eigenvalue weighted by Gasteiger charge is 2.27. The standard InChI is InChI=1S/C19H19ClN4O4S/c1-12(2)17(19-23-18(24-28-19)13-7-9-21-10-8-13)22-16(25)11-29(26,27)15-5-3-14(20)4-6-15/h3-10,12,17H,11H2,1-2H3,(H,22,25). The van der Waals surface area contributed by atoms with Gasteiger partial charge in [-0.2, -0.15) is 4.98 Å². The Morgan fingerprint density at radius 1 is 1.14 bits per heavy atom. The lowest BCUT2D eigenvalue weighted by molar-refractivity contribution is -0.119. The summed E-state index contributed by atoms with van der Waals surface area (Å²) in [7, 11) is -3.81. The molecule has 0 fully saturated rings. The number of benzene rings is 1. The van der Waals surface area contributed by atoms with Crippen LogP contribution in [0.3, 0.4) is 0 Å². The molecule has 29 heavy (non-hydrogen) atoms. The van der Waals surface area contributed by atoms with Gasteiger partial charge in [-0.05, 0) is 42.3 Å².